The molecule has 2 N–H and O–H groups in total. The van der Waals surface area contributed by atoms with E-state index >= 15 is 4.39 Å². The molecule has 2 atom stereocenters. The Balaban J connectivity index is 1.75. The van der Waals surface area contributed by atoms with Gasteiger partial charge in [-0.05, 0) is 17.1 Å². The van der Waals surface area contributed by atoms with Gasteiger partial charge in [0.25, 0.3) is 12.3 Å². The fourth-order valence-corrected chi connectivity index (χ4v) is 4.73. The Bertz CT molecular complexity index is 1080. The van der Waals surface area contributed by atoms with E-state index in [4.69, 9.17) is 15.2 Å². The number of thioether (sulfide) groups is 1. The van der Waals surface area contributed by atoms with E-state index in [-0.39, 0.29) is 53.4 Å². The van der Waals surface area contributed by atoms with Gasteiger partial charge in [-0.25, -0.2) is 17.7 Å². The maximum absolute atomic E-state index is 15.3. The lowest BCUT2D eigenvalue weighted by molar-refractivity contribution is -0.470. The highest BCUT2D eigenvalue weighted by Gasteiger charge is 2.44. The third-order valence-electron chi connectivity index (χ3n) is 5.22. The minimum Gasteiger partial charge on any atom is -0.876 e. The van der Waals surface area contributed by atoms with Crippen molar-refractivity contribution >= 4 is 35.4 Å². The van der Waals surface area contributed by atoms with Gasteiger partial charge in [0.15, 0.2) is 23.8 Å². The lowest BCUT2D eigenvalue weighted by atomic mass is 10.0. The Labute approximate surface area is 191 Å². The summed E-state index contributed by atoms with van der Waals surface area (Å²) in [5, 5.41) is 11.6. The summed E-state index contributed by atoms with van der Waals surface area (Å²) in [6, 6.07) is -2.28. The number of fused-ring (bicyclic) bond motifs is 2. The molecule has 13 heteroatoms. The Kier molecular flexibility index (Phi) is 6.61. The van der Waals surface area contributed by atoms with Crippen LogP contribution in [-0.2, 0) is 14.3 Å². The maximum Gasteiger partial charge on any atom is 0.337 e. The second-order valence-electron chi connectivity index (χ2n) is 7.28. The van der Waals surface area contributed by atoms with E-state index in [2.05, 4.69) is 9.98 Å². The number of nitrogens with zero attached hydrogens (tertiary/aromatic N) is 4. The average Bonchev–Trinajstić information content (AvgIpc) is 3.35. The van der Waals surface area contributed by atoms with Crippen molar-refractivity contribution in [3.8, 4) is 0 Å². The summed E-state index contributed by atoms with van der Waals surface area (Å²) in [5.41, 5.74) is 5.44. The van der Waals surface area contributed by atoms with Crippen molar-refractivity contribution in [3.05, 3.63) is 46.4 Å². The van der Waals surface area contributed by atoms with Crippen LogP contribution in [0.15, 0.2) is 56.4 Å². The number of hydrogen-bond acceptors (Lipinski definition) is 8. The number of carbonyl (C=O) groups excluding carboxylic acids is 1. The normalized spacial score (nSPS) is 25.8. The second kappa shape index (κ2) is 9.43. The average molecular weight is 483 g/mol. The highest BCUT2D eigenvalue weighted by molar-refractivity contribution is 8.03. The third-order valence-corrected chi connectivity index (χ3v) is 6.31. The van der Waals surface area contributed by atoms with Crippen molar-refractivity contribution in [2.45, 2.75) is 18.5 Å². The zero-order valence-corrected chi connectivity index (χ0v) is 18.2. The number of allylic oxidation sites excluding steroid dienone is 3. The van der Waals surface area contributed by atoms with Gasteiger partial charge in [0.05, 0.1) is 17.3 Å². The first kappa shape index (κ1) is 23.1. The molecule has 0 aromatic heterocycles. The van der Waals surface area contributed by atoms with Gasteiger partial charge in [-0.15, -0.1) is 18.0 Å². The van der Waals surface area contributed by atoms with Crippen molar-refractivity contribution in [2.24, 2.45) is 15.7 Å². The molecule has 0 saturated carbocycles. The van der Waals surface area contributed by atoms with Crippen LogP contribution in [0.2, 0.25) is 0 Å². The third kappa shape index (κ3) is 4.29. The van der Waals surface area contributed by atoms with Crippen LogP contribution in [0.5, 0.6) is 0 Å². The Morgan fingerprint density at radius 2 is 2.33 bits per heavy atom. The van der Waals surface area contributed by atoms with Crippen molar-refractivity contribution in [3.63, 3.8) is 0 Å². The van der Waals surface area contributed by atoms with E-state index in [9.17, 15) is 18.7 Å². The van der Waals surface area contributed by atoms with Crippen molar-refractivity contribution in [1.82, 2.24) is 4.90 Å². The molecule has 9 nitrogen and oxygen atoms in total. The summed E-state index contributed by atoms with van der Waals surface area (Å²) in [7, 11) is 1.37. The van der Waals surface area contributed by atoms with Gasteiger partial charge in [0.1, 0.15) is 24.8 Å². The number of primary amides is 1. The molecule has 0 aromatic rings. The zero-order valence-electron chi connectivity index (χ0n) is 17.4. The van der Waals surface area contributed by atoms with Gasteiger partial charge in [0, 0.05) is 12.9 Å². The predicted molar refractivity (Wildman–Crippen MR) is 113 cm³/mol. The van der Waals surface area contributed by atoms with Crippen molar-refractivity contribution in [2.75, 3.05) is 32.6 Å². The topological polar surface area (TPSA) is 116 Å². The van der Waals surface area contributed by atoms with Gasteiger partial charge in [-0.3, -0.25) is 14.7 Å². The number of halogens is 3. The van der Waals surface area contributed by atoms with Gasteiger partial charge < -0.3 is 20.3 Å². The number of hydrogen-bond donors (Lipinski definition) is 1. The number of carbonyl (C=O) groups is 1. The van der Waals surface area contributed by atoms with Crippen LogP contribution >= 0.6 is 11.8 Å². The van der Waals surface area contributed by atoms with E-state index in [1.165, 1.54) is 30.4 Å². The fourth-order valence-electron chi connectivity index (χ4n) is 3.66. The molecule has 0 spiro atoms. The molecule has 33 heavy (non-hydrogen) atoms. The number of nitrogens with two attached hydrogens (primary N) is 1. The summed E-state index contributed by atoms with van der Waals surface area (Å²) in [6.07, 6.45) is 2.25. The number of aliphatic imine (C=N–C) groups is 2. The molecule has 3 heterocycles. The molecule has 1 saturated heterocycles. The Morgan fingerprint density at radius 1 is 1.55 bits per heavy atom. The lowest BCUT2D eigenvalue weighted by Gasteiger charge is -2.22. The fraction of sp³-hybridized carbons (Fsp3) is 0.400. The summed E-state index contributed by atoms with van der Waals surface area (Å²) in [4.78, 5) is 21.3. The highest BCUT2D eigenvalue weighted by atomic mass is 32.2. The number of amidine groups is 1. The number of ether oxygens (including phenoxy) is 2. The lowest BCUT2D eigenvalue weighted by Crippen LogP contribution is -2.41. The number of alkyl halides is 2. The predicted octanol–water partition coefficient (Wildman–Crippen LogP) is 0.258. The van der Waals surface area contributed by atoms with E-state index in [1.54, 1.807) is 4.58 Å². The minimum atomic E-state index is -2.68. The van der Waals surface area contributed by atoms with Crippen LogP contribution in [0.1, 0.15) is 0 Å². The van der Waals surface area contributed by atoms with Crippen molar-refractivity contribution < 1.29 is 37.1 Å². The number of amides is 1. The largest absolute Gasteiger partial charge is 0.876 e. The first-order valence-electron chi connectivity index (χ1n) is 9.90. The molecule has 1 fully saturated rings. The maximum atomic E-state index is 15.3. The van der Waals surface area contributed by atoms with E-state index < -0.39 is 30.2 Å². The Morgan fingerprint density at radius 3 is 3.00 bits per heavy atom. The van der Waals surface area contributed by atoms with E-state index in [0.29, 0.717) is 12.1 Å². The van der Waals surface area contributed by atoms with Crippen LogP contribution in [0, 0.1) is 0 Å². The standard InChI is InChI=1S/C20H20F3N5O4S/c1-31-8-12(19(24)30)25-11-3-2-10-17(16(11)21)32-5-4-27-6-14(26-20(10)27)28-13(18(22)23)9-33-15(28)7-29/h2-3,6-7,12-13,18H,4-5,8-9H2,1H3,(H2-,24,29,30)/t12-,13-/m0/s1. The second-order valence-corrected chi connectivity index (χ2v) is 8.32. The highest BCUT2D eigenvalue weighted by Crippen LogP contribution is 2.37. The summed E-state index contributed by atoms with van der Waals surface area (Å²) in [6.45, 7) is 0.229. The summed E-state index contributed by atoms with van der Waals surface area (Å²) in [5.74, 6) is -1.20. The molecule has 0 unspecified atom stereocenters. The van der Waals surface area contributed by atoms with Gasteiger partial charge in [-0.1, -0.05) is 0 Å². The molecule has 4 aliphatic rings. The van der Waals surface area contributed by atoms with Gasteiger partial charge >= 0.3 is 5.82 Å². The molecule has 1 aliphatic carbocycles. The van der Waals surface area contributed by atoms with Crippen LogP contribution < -0.4 is 10.8 Å². The van der Waals surface area contributed by atoms with E-state index in [1.807, 2.05) is 0 Å². The first-order chi connectivity index (χ1) is 15.8. The van der Waals surface area contributed by atoms with Crippen LogP contribution in [-0.4, -0.2) is 84.3 Å². The quantitative estimate of drug-likeness (QED) is 0.443. The molecule has 0 aromatic carbocycles. The molecule has 176 valence electrons. The number of rotatable bonds is 5. The molecule has 0 bridgehead atoms. The molecule has 0 radical (unpaired) electrons. The molecular formula is C20H20F3N5O4S. The summed E-state index contributed by atoms with van der Waals surface area (Å²) >= 11 is 1.03. The zero-order chi connectivity index (χ0) is 23.7. The monoisotopic (exact) mass is 483 g/mol. The van der Waals surface area contributed by atoms with Gasteiger partial charge in [-0.2, -0.15) is 0 Å². The SMILES string of the molecule is COC[C@H](N=C1C=CC2=C3N=C(N4C(=C[O-])SC[C@H]4C(F)F)C=[N+]3CCOC2=C1F)C(N)=O. The van der Waals surface area contributed by atoms with Crippen LogP contribution in [0.4, 0.5) is 13.2 Å². The molecular weight excluding hydrogens is 463 g/mol. The number of methoxy groups -OCH3 is 1. The molecule has 1 amide bonds. The van der Waals surface area contributed by atoms with Gasteiger partial charge in [0.2, 0.25) is 5.91 Å². The van der Waals surface area contributed by atoms with Crippen molar-refractivity contribution in [1.29, 1.82) is 0 Å². The first-order valence-corrected chi connectivity index (χ1v) is 10.9. The molecule has 4 rings (SSSR count). The Hall–Kier alpha value is -3.06. The smallest absolute Gasteiger partial charge is 0.337 e. The minimum absolute atomic E-state index is 0.0512. The van der Waals surface area contributed by atoms with E-state index in [0.717, 1.165) is 11.8 Å². The van der Waals surface area contributed by atoms with Crippen LogP contribution in [0.25, 0.3) is 0 Å². The van der Waals surface area contributed by atoms with Crippen LogP contribution in [0.3, 0.4) is 0 Å². The molecule has 3 aliphatic heterocycles. The summed E-state index contributed by atoms with van der Waals surface area (Å²) < 4.78 is 54.5.